The van der Waals surface area contributed by atoms with Gasteiger partial charge in [0.2, 0.25) is 0 Å². The van der Waals surface area contributed by atoms with E-state index in [1.807, 2.05) is 39.0 Å². The summed E-state index contributed by atoms with van der Waals surface area (Å²) in [6.07, 6.45) is 8.62. The van der Waals surface area contributed by atoms with Crippen molar-refractivity contribution in [2.75, 3.05) is 0 Å². The number of rotatable bonds is 6. The number of aliphatic imine (C=N–C) groups is 1. The fourth-order valence-corrected chi connectivity index (χ4v) is 2.48. The molecule has 122 valence electrons. The van der Waals surface area contributed by atoms with E-state index in [4.69, 9.17) is 0 Å². The van der Waals surface area contributed by atoms with Gasteiger partial charge in [-0.05, 0) is 44.4 Å². The molecule has 0 N–H and O–H groups in total. The molecule has 0 saturated heterocycles. The number of benzene rings is 1. The molecule has 1 aromatic carbocycles. The molecule has 0 aliphatic carbocycles. The third-order valence-electron chi connectivity index (χ3n) is 3.34. The first-order valence-electron chi connectivity index (χ1n) is 7.69. The molecule has 0 saturated carbocycles. The number of aryl methyl sites for hydroxylation is 1. The third-order valence-corrected chi connectivity index (χ3v) is 3.47. The molecule has 1 rings (SSSR count). The van der Waals surface area contributed by atoms with Crippen LogP contribution in [0.2, 0.25) is 0 Å². The van der Waals surface area contributed by atoms with Gasteiger partial charge in [-0.3, -0.25) is 4.99 Å². The smallest absolute Gasteiger partial charge is 0.131 e. The summed E-state index contributed by atoms with van der Waals surface area (Å²) >= 11 is 0. The minimum absolute atomic E-state index is 0.228. The first-order valence-corrected chi connectivity index (χ1v) is 8.26. The van der Waals surface area contributed by atoms with Gasteiger partial charge >= 0.3 is 0 Å². The van der Waals surface area contributed by atoms with Crippen LogP contribution in [0.5, 0.6) is 0 Å². The lowest BCUT2D eigenvalue weighted by Crippen LogP contribution is -1.97. The molecule has 0 aromatic heterocycles. The minimum atomic E-state index is -0.228. The summed E-state index contributed by atoms with van der Waals surface area (Å²) in [6.45, 7) is 11.6. The van der Waals surface area contributed by atoms with E-state index in [0.29, 0.717) is 5.56 Å². The first kappa shape index (κ1) is 19.3. The van der Waals surface area contributed by atoms with Crippen molar-refractivity contribution in [2.45, 2.75) is 34.1 Å². The highest BCUT2D eigenvalue weighted by Crippen LogP contribution is 2.30. The summed E-state index contributed by atoms with van der Waals surface area (Å²) in [7, 11) is 2.58. The summed E-state index contributed by atoms with van der Waals surface area (Å²) < 4.78 is 14.4. The van der Waals surface area contributed by atoms with Crippen molar-refractivity contribution in [3.05, 3.63) is 77.3 Å². The zero-order valence-electron chi connectivity index (χ0n) is 14.4. The van der Waals surface area contributed by atoms with E-state index in [1.54, 1.807) is 12.1 Å². The van der Waals surface area contributed by atoms with Crippen LogP contribution in [-0.2, 0) is 0 Å². The molecule has 0 aliphatic heterocycles. The van der Waals surface area contributed by atoms with E-state index in [9.17, 15) is 4.39 Å². The van der Waals surface area contributed by atoms with Gasteiger partial charge in [0.05, 0.1) is 5.70 Å². The lowest BCUT2D eigenvalue weighted by atomic mass is 9.96. The standard InChI is InChI=1S/C20H25FNP/c1-6-8-12-17(10-7-2)20(22-16(5)23)15(4)19-14(3)11-9-13-18(19)21/h7-13H,2,6,23H2,1,3-5H3/b12-8-,17-10+,20-15+,22-16?. The fraction of sp³-hybridized carbons (Fsp3) is 0.250. The predicted octanol–water partition coefficient (Wildman–Crippen LogP) is 6.24. The van der Waals surface area contributed by atoms with Gasteiger partial charge < -0.3 is 0 Å². The highest BCUT2D eigenvalue weighted by Gasteiger charge is 2.13. The molecule has 0 fully saturated rings. The second-order valence-corrected chi connectivity index (χ2v) is 6.16. The van der Waals surface area contributed by atoms with Crippen molar-refractivity contribution in [1.29, 1.82) is 0 Å². The molecule has 0 bridgehead atoms. The lowest BCUT2D eigenvalue weighted by Gasteiger charge is -2.13. The van der Waals surface area contributed by atoms with E-state index >= 15 is 0 Å². The molecule has 0 spiro atoms. The number of nitrogens with zero attached hydrogens (tertiary/aromatic N) is 1. The van der Waals surface area contributed by atoms with Crippen LogP contribution in [0, 0.1) is 12.7 Å². The molecule has 1 atom stereocenters. The average Bonchev–Trinajstić information content (AvgIpc) is 2.48. The molecule has 0 heterocycles. The largest absolute Gasteiger partial charge is 0.253 e. The monoisotopic (exact) mass is 329 g/mol. The third kappa shape index (κ3) is 5.41. The molecule has 1 nitrogen and oxygen atoms in total. The van der Waals surface area contributed by atoms with Crippen LogP contribution < -0.4 is 0 Å². The molecule has 1 unspecified atom stereocenters. The Labute approximate surface area is 141 Å². The maximum atomic E-state index is 14.4. The lowest BCUT2D eigenvalue weighted by molar-refractivity contribution is 0.622. The fourth-order valence-electron chi connectivity index (χ4n) is 2.35. The Hall–Kier alpha value is -1.79. The normalized spacial score (nSPS) is 14.2. The maximum absolute atomic E-state index is 14.4. The van der Waals surface area contributed by atoms with Crippen LogP contribution >= 0.6 is 9.24 Å². The second-order valence-electron chi connectivity index (χ2n) is 5.33. The van der Waals surface area contributed by atoms with Gasteiger partial charge in [0.25, 0.3) is 0 Å². The Morgan fingerprint density at radius 3 is 2.57 bits per heavy atom. The van der Waals surface area contributed by atoms with Gasteiger partial charge in [-0.2, -0.15) is 0 Å². The SMILES string of the molecule is C=C/C=C(\C=C/CC)C(/N=C(C)P)=C(/C)c1c(C)cccc1F. The van der Waals surface area contributed by atoms with Gasteiger partial charge in [0.15, 0.2) is 0 Å². The van der Waals surface area contributed by atoms with Gasteiger partial charge in [0.1, 0.15) is 5.82 Å². The Morgan fingerprint density at radius 2 is 2.04 bits per heavy atom. The topological polar surface area (TPSA) is 12.4 Å². The number of hydrogen-bond acceptors (Lipinski definition) is 1. The highest BCUT2D eigenvalue weighted by atomic mass is 31.0. The molecule has 0 amide bonds. The van der Waals surface area contributed by atoms with E-state index in [0.717, 1.165) is 34.3 Å². The van der Waals surface area contributed by atoms with Crippen LogP contribution in [0.3, 0.4) is 0 Å². The zero-order valence-corrected chi connectivity index (χ0v) is 15.5. The summed E-state index contributed by atoms with van der Waals surface area (Å²) in [5.74, 6) is -0.228. The molecular formula is C20H25FNP. The van der Waals surface area contributed by atoms with Gasteiger partial charge in [-0.25, -0.2) is 4.39 Å². The van der Waals surface area contributed by atoms with Crippen molar-refractivity contribution in [1.82, 2.24) is 0 Å². The second kappa shape index (κ2) is 9.37. The van der Waals surface area contributed by atoms with E-state index in [1.165, 1.54) is 6.07 Å². The van der Waals surface area contributed by atoms with E-state index in [-0.39, 0.29) is 5.82 Å². The van der Waals surface area contributed by atoms with Crippen molar-refractivity contribution in [3.8, 4) is 0 Å². The number of halogens is 1. The quantitative estimate of drug-likeness (QED) is 0.333. The van der Waals surface area contributed by atoms with Crippen molar-refractivity contribution in [2.24, 2.45) is 4.99 Å². The van der Waals surface area contributed by atoms with Crippen LogP contribution in [0.15, 0.2) is 65.3 Å². The van der Waals surface area contributed by atoms with E-state index < -0.39 is 0 Å². The van der Waals surface area contributed by atoms with Crippen molar-refractivity contribution < 1.29 is 4.39 Å². The Morgan fingerprint density at radius 1 is 1.35 bits per heavy atom. The van der Waals surface area contributed by atoms with Crippen molar-refractivity contribution >= 4 is 20.3 Å². The first-order chi connectivity index (χ1) is 10.9. The molecule has 23 heavy (non-hydrogen) atoms. The van der Waals surface area contributed by atoms with Gasteiger partial charge in [0, 0.05) is 16.6 Å². The Balaban J connectivity index is 3.69. The van der Waals surface area contributed by atoms with E-state index in [2.05, 4.69) is 33.8 Å². The predicted molar refractivity (Wildman–Crippen MR) is 104 cm³/mol. The number of hydrogen-bond donors (Lipinski definition) is 0. The summed E-state index contributed by atoms with van der Waals surface area (Å²) in [4.78, 5) is 4.63. The summed E-state index contributed by atoms with van der Waals surface area (Å²) in [5.41, 5.74) is 4.84. The summed E-state index contributed by atoms with van der Waals surface area (Å²) in [6, 6.07) is 5.12. The van der Waals surface area contributed by atoms with Crippen LogP contribution in [0.25, 0.3) is 5.57 Å². The van der Waals surface area contributed by atoms with Crippen LogP contribution in [-0.4, -0.2) is 5.45 Å². The molecule has 1 aromatic rings. The summed E-state index contributed by atoms with van der Waals surface area (Å²) in [5, 5.41) is 0. The molecular weight excluding hydrogens is 304 g/mol. The highest BCUT2D eigenvalue weighted by molar-refractivity contribution is 7.40. The zero-order chi connectivity index (χ0) is 17.4. The van der Waals surface area contributed by atoms with Crippen LogP contribution in [0.4, 0.5) is 4.39 Å². The molecule has 0 aliphatic rings. The average molecular weight is 329 g/mol. The van der Waals surface area contributed by atoms with Gasteiger partial charge in [-0.15, -0.1) is 0 Å². The Bertz CT molecular complexity index is 669. The van der Waals surface area contributed by atoms with Crippen LogP contribution in [0.1, 0.15) is 38.3 Å². The Kier molecular flexibility index (Phi) is 7.85. The molecule has 0 radical (unpaired) electrons. The van der Waals surface area contributed by atoms with Gasteiger partial charge in [-0.1, -0.05) is 59.2 Å². The number of allylic oxidation sites excluding steroid dienone is 5. The molecule has 3 heteroatoms. The van der Waals surface area contributed by atoms with Crippen molar-refractivity contribution in [3.63, 3.8) is 0 Å². The maximum Gasteiger partial charge on any atom is 0.131 e. The minimum Gasteiger partial charge on any atom is -0.253 e.